The number of aryl methyl sites for hydroxylation is 1. The van der Waals surface area contributed by atoms with Crippen LogP contribution in [0.1, 0.15) is 29.3 Å². The molecule has 0 saturated heterocycles. The van der Waals surface area contributed by atoms with Crippen molar-refractivity contribution >= 4 is 37.8 Å². The number of halogens is 2. The van der Waals surface area contributed by atoms with Crippen molar-refractivity contribution in [1.29, 1.82) is 0 Å². The Labute approximate surface area is 146 Å². The van der Waals surface area contributed by atoms with Crippen LogP contribution in [-0.2, 0) is 0 Å². The molecule has 0 radical (unpaired) electrons. The van der Waals surface area contributed by atoms with Crippen molar-refractivity contribution in [1.82, 2.24) is 0 Å². The Morgan fingerprint density at radius 1 is 1.05 bits per heavy atom. The molecule has 0 spiro atoms. The van der Waals surface area contributed by atoms with Crippen LogP contribution in [-0.4, -0.2) is 12.6 Å². The van der Waals surface area contributed by atoms with Crippen molar-refractivity contribution in [2.75, 3.05) is 6.61 Å². The molecular weight excluding hydrogens is 412 g/mol. The van der Waals surface area contributed by atoms with Gasteiger partial charge in [-0.1, -0.05) is 13.0 Å². The Balaban J connectivity index is 2.14. The molecule has 0 aliphatic rings. The van der Waals surface area contributed by atoms with Gasteiger partial charge in [-0.15, -0.1) is 0 Å². The van der Waals surface area contributed by atoms with Crippen LogP contribution < -0.4 is 9.47 Å². The fraction of sp³-hybridized carbons (Fsp3) is 0.235. The van der Waals surface area contributed by atoms with E-state index < -0.39 is 5.97 Å². The first-order chi connectivity index (χ1) is 10.5. The first-order valence-corrected chi connectivity index (χ1v) is 8.50. The second-order valence-corrected chi connectivity index (χ2v) is 6.53. The Morgan fingerprint density at radius 2 is 1.73 bits per heavy atom. The largest absolute Gasteiger partial charge is 0.492 e. The number of rotatable bonds is 5. The smallest absolute Gasteiger partial charge is 0.343 e. The van der Waals surface area contributed by atoms with E-state index in [1.165, 1.54) is 0 Å². The van der Waals surface area contributed by atoms with Crippen molar-refractivity contribution in [3.8, 4) is 11.5 Å². The van der Waals surface area contributed by atoms with Crippen LogP contribution in [0.5, 0.6) is 11.5 Å². The molecule has 2 aromatic rings. The molecule has 0 atom stereocenters. The molecule has 0 amide bonds. The Kier molecular flexibility index (Phi) is 6.03. The monoisotopic (exact) mass is 426 g/mol. The summed E-state index contributed by atoms with van der Waals surface area (Å²) < 4.78 is 12.5. The molecule has 116 valence electrons. The third-order valence-electron chi connectivity index (χ3n) is 2.92. The molecule has 0 aromatic heterocycles. The highest BCUT2D eigenvalue weighted by atomic mass is 79.9. The zero-order valence-corrected chi connectivity index (χ0v) is 15.5. The van der Waals surface area contributed by atoms with Gasteiger partial charge in [0.15, 0.2) is 0 Å². The molecule has 3 nitrogen and oxygen atoms in total. The van der Waals surface area contributed by atoms with Crippen LogP contribution in [0.25, 0.3) is 0 Å². The van der Waals surface area contributed by atoms with Crippen LogP contribution in [0.4, 0.5) is 0 Å². The average molecular weight is 428 g/mol. The molecule has 0 bridgehead atoms. The standard InChI is InChI=1S/C17H16Br2O3/c1-3-8-21-15-7-5-12(10-14(15)19)17(20)22-16-6-4-11(2)9-13(16)18/h4-7,9-10H,3,8H2,1-2H3. The lowest BCUT2D eigenvalue weighted by molar-refractivity contribution is 0.0733. The summed E-state index contributed by atoms with van der Waals surface area (Å²) >= 11 is 6.81. The SMILES string of the molecule is CCCOc1ccc(C(=O)Oc2ccc(C)cc2Br)cc1Br. The van der Waals surface area contributed by atoms with Crippen molar-refractivity contribution < 1.29 is 14.3 Å². The summed E-state index contributed by atoms with van der Waals surface area (Å²) in [6.45, 7) is 4.65. The third-order valence-corrected chi connectivity index (χ3v) is 4.16. The minimum Gasteiger partial charge on any atom is -0.492 e. The molecule has 0 heterocycles. The highest BCUT2D eigenvalue weighted by Crippen LogP contribution is 2.29. The minimum absolute atomic E-state index is 0.410. The van der Waals surface area contributed by atoms with Gasteiger partial charge in [0.2, 0.25) is 0 Å². The average Bonchev–Trinajstić information content (AvgIpc) is 2.48. The zero-order valence-electron chi connectivity index (χ0n) is 12.4. The fourth-order valence-corrected chi connectivity index (χ4v) is 2.87. The van der Waals surface area contributed by atoms with E-state index in [1.807, 2.05) is 26.0 Å². The number of ether oxygens (including phenoxy) is 2. The highest BCUT2D eigenvalue weighted by molar-refractivity contribution is 9.10. The van der Waals surface area contributed by atoms with Crippen molar-refractivity contribution in [2.24, 2.45) is 0 Å². The number of carbonyl (C=O) groups excluding carboxylic acids is 1. The first-order valence-electron chi connectivity index (χ1n) is 6.92. The Bertz CT molecular complexity index is 684. The van der Waals surface area contributed by atoms with E-state index in [1.54, 1.807) is 24.3 Å². The highest BCUT2D eigenvalue weighted by Gasteiger charge is 2.13. The van der Waals surface area contributed by atoms with Crippen molar-refractivity contribution in [3.63, 3.8) is 0 Å². The molecule has 0 fully saturated rings. The summed E-state index contributed by atoms with van der Waals surface area (Å²) in [5.74, 6) is 0.806. The molecule has 0 N–H and O–H groups in total. The molecule has 2 rings (SSSR count). The summed E-state index contributed by atoms with van der Waals surface area (Å²) in [4.78, 5) is 12.2. The van der Waals surface area contributed by atoms with Gasteiger partial charge in [-0.2, -0.15) is 0 Å². The Hall–Kier alpha value is -1.33. The van der Waals surface area contributed by atoms with Gasteiger partial charge in [-0.3, -0.25) is 0 Å². The van der Waals surface area contributed by atoms with E-state index in [2.05, 4.69) is 31.9 Å². The number of benzene rings is 2. The van der Waals surface area contributed by atoms with E-state index in [0.29, 0.717) is 17.9 Å². The number of hydrogen-bond acceptors (Lipinski definition) is 3. The van der Waals surface area contributed by atoms with E-state index in [0.717, 1.165) is 26.7 Å². The van der Waals surface area contributed by atoms with Gasteiger partial charge in [0, 0.05) is 0 Å². The van der Waals surface area contributed by atoms with Gasteiger partial charge in [0.1, 0.15) is 11.5 Å². The second-order valence-electron chi connectivity index (χ2n) is 4.82. The van der Waals surface area contributed by atoms with Crippen molar-refractivity contribution in [3.05, 3.63) is 56.5 Å². The molecule has 0 saturated carbocycles. The molecular formula is C17H16Br2O3. The lowest BCUT2D eigenvalue weighted by Crippen LogP contribution is -2.09. The van der Waals surface area contributed by atoms with Gasteiger partial charge in [-0.05, 0) is 81.1 Å². The predicted octanol–water partition coefficient (Wildman–Crippen LogP) is 5.53. The zero-order chi connectivity index (χ0) is 16.1. The quantitative estimate of drug-likeness (QED) is 0.465. The van der Waals surface area contributed by atoms with Gasteiger partial charge < -0.3 is 9.47 Å². The molecule has 0 aliphatic carbocycles. The summed E-state index contributed by atoms with van der Waals surface area (Å²) in [6, 6.07) is 10.7. The van der Waals surface area contributed by atoms with Crippen LogP contribution >= 0.6 is 31.9 Å². The number of esters is 1. The first kappa shape index (κ1) is 17.0. The van der Waals surface area contributed by atoms with Crippen LogP contribution in [0.15, 0.2) is 45.3 Å². The predicted molar refractivity (Wildman–Crippen MR) is 93.8 cm³/mol. The maximum absolute atomic E-state index is 12.2. The topological polar surface area (TPSA) is 35.5 Å². The van der Waals surface area contributed by atoms with E-state index >= 15 is 0 Å². The van der Waals surface area contributed by atoms with Crippen LogP contribution in [0, 0.1) is 6.92 Å². The molecule has 2 aromatic carbocycles. The maximum Gasteiger partial charge on any atom is 0.343 e. The third kappa shape index (κ3) is 4.34. The maximum atomic E-state index is 12.2. The van der Waals surface area contributed by atoms with Gasteiger partial charge in [0.25, 0.3) is 0 Å². The number of hydrogen-bond donors (Lipinski definition) is 0. The molecule has 22 heavy (non-hydrogen) atoms. The van der Waals surface area contributed by atoms with E-state index in [4.69, 9.17) is 9.47 Å². The van der Waals surface area contributed by atoms with Crippen LogP contribution in [0.3, 0.4) is 0 Å². The minimum atomic E-state index is -0.410. The normalized spacial score (nSPS) is 10.4. The van der Waals surface area contributed by atoms with Gasteiger partial charge >= 0.3 is 5.97 Å². The molecule has 0 aliphatic heterocycles. The van der Waals surface area contributed by atoms with Gasteiger partial charge in [0.05, 0.1) is 21.1 Å². The van der Waals surface area contributed by atoms with Gasteiger partial charge in [-0.25, -0.2) is 4.79 Å². The summed E-state index contributed by atoms with van der Waals surface area (Å²) in [7, 11) is 0. The molecule has 0 unspecified atom stereocenters. The molecule has 5 heteroatoms. The fourth-order valence-electron chi connectivity index (χ4n) is 1.80. The summed E-state index contributed by atoms with van der Waals surface area (Å²) in [5.41, 5.74) is 1.55. The summed E-state index contributed by atoms with van der Waals surface area (Å²) in [5, 5.41) is 0. The lowest BCUT2D eigenvalue weighted by Gasteiger charge is -2.10. The summed E-state index contributed by atoms with van der Waals surface area (Å²) in [6.07, 6.45) is 0.928. The van der Waals surface area contributed by atoms with E-state index in [9.17, 15) is 4.79 Å². The van der Waals surface area contributed by atoms with Crippen LogP contribution in [0.2, 0.25) is 0 Å². The second kappa shape index (κ2) is 7.79. The van der Waals surface area contributed by atoms with Crippen molar-refractivity contribution in [2.45, 2.75) is 20.3 Å². The van der Waals surface area contributed by atoms with E-state index in [-0.39, 0.29) is 0 Å². The Morgan fingerprint density at radius 3 is 2.36 bits per heavy atom. The number of carbonyl (C=O) groups is 1. The lowest BCUT2D eigenvalue weighted by atomic mass is 10.2.